The first-order chi connectivity index (χ1) is 23.1. The highest BCUT2D eigenvalue weighted by molar-refractivity contribution is 6.48. The number of aromatic nitrogens is 1. The van der Waals surface area contributed by atoms with Gasteiger partial charge in [-0.05, 0) is 82.4 Å². The predicted molar refractivity (Wildman–Crippen MR) is 190 cm³/mol. The number of alkyl halides is 2. The van der Waals surface area contributed by atoms with Gasteiger partial charge < -0.3 is 20.2 Å². The van der Waals surface area contributed by atoms with Gasteiger partial charge in [0.25, 0.3) is 11.8 Å². The number of benzene rings is 1. The molecule has 2 aliphatic rings. The van der Waals surface area contributed by atoms with Crippen LogP contribution < -0.4 is 10.7 Å². The minimum absolute atomic E-state index is 0.205. The molecule has 2 amide bonds. The van der Waals surface area contributed by atoms with Crippen LogP contribution in [0.5, 0.6) is 0 Å². The zero-order chi connectivity index (χ0) is 35.9. The molecule has 266 valence electrons. The van der Waals surface area contributed by atoms with Gasteiger partial charge in [-0.25, -0.2) is 5.43 Å². The molecule has 1 aliphatic carbocycles. The van der Waals surface area contributed by atoms with Gasteiger partial charge >= 0.3 is 11.9 Å². The number of nitrogens with zero attached hydrogens (tertiary/aromatic N) is 2. The van der Waals surface area contributed by atoms with Crippen LogP contribution in [-0.2, 0) is 35.1 Å². The molecule has 3 unspecified atom stereocenters. The number of halogens is 2. The fraction of sp³-hybridized carbons (Fsp3) is 0.556. The van der Waals surface area contributed by atoms with E-state index in [9.17, 15) is 19.2 Å². The molecule has 1 saturated heterocycles. The topological polar surface area (TPSA) is 151 Å². The lowest BCUT2D eigenvalue weighted by molar-refractivity contribution is -0.167. The van der Waals surface area contributed by atoms with Crippen molar-refractivity contribution in [3.63, 3.8) is 0 Å². The van der Waals surface area contributed by atoms with Crippen molar-refractivity contribution in [1.29, 1.82) is 5.41 Å². The van der Waals surface area contributed by atoms with Gasteiger partial charge in [-0.2, -0.15) is 0 Å². The Hall–Kier alpha value is -3.54. The first-order valence-corrected chi connectivity index (χ1v) is 17.6. The first kappa shape index (κ1) is 38.3. The quantitative estimate of drug-likeness (QED) is 0.187. The van der Waals surface area contributed by atoms with E-state index in [2.05, 4.69) is 17.7 Å². The number of carbonyl (C=O) groups excluding carboxylic acids is 4. The zero-order valence-electron chi connectivity index (χ0n) is 28.8. The summed E-state index contributed by atoms with van der Waals surface area (Å²) >= 11 is 11.8. The number of hydrogen-bond donors (Lipinski definition) is 3. The van der Waals surface area contributed by atoms with Crippen LogP contribution in [0.4, 0.5) is 0 Å². The molecule has 3 N–H and O–H groups in total. The van der Waals surface area contributed by atoms with Gasteiger partial charge in [0, 0.05) is 23.3 Å². The number of hydrogen-bond acceptors (Lipinski definition) is 9. The fourth-order valence-electron chi connectivity index (χ4n) is 5.90. The Labute approximate surface area is 297 Å². The molecule has 1 aromatic carbocycles. The van der Waals surface area contributed by atoms with Crippen LogP contribution in [0, 0.1) is 16.7 Å². The van der Waals surface area contributed by atoms with E-state index in [0.29, 0.717) is 50.8 Å². The van der Waals surface area contributed by atoms with E-state index in [-0.39, 0.29) is 6.61 Å². The highest BCUT2D eigenvalue weighted by Crippen LogP contribution is 2.39. The second kappa shape index (κ2) is 16.4. The Morgan fingerprint density at radius 1 is 1.16 bits per heavy atom. The summed E-state index contributed by atoms with van der Waals surface area (Å²) in [5.74, 6) is -2.58. The third-order valence-electron chi connectivity index (χ3n) is 8.91. The molecular weight excluding hydrogens is 669 g/mol. The average Bonchev–Trinajstić information content (AvgIpc) is 3.08. The largest absolute Gasteiger partial charge is 0.461 e. The molecule has 0 spiro atoms. The van der Waals surface area contributed by atoms with Crippen molar-refractivity contribution in [2.24, 2.45) is 11.3 Å². The molecule has 11 nitrogen and oxygen atoms in total. The van der Waals surface area contributed by atoms with E-state index in [0.717, 1.165) is 28.6 Å². The molecule has 1 aliphatic heterocycles. The molecule has 0 radical (unpaired) electrons. The maximum atomic E-state index is 14.0. The van der Waals surface area contributed by atoms with Gasteiger partial charge in [0.15, 0.2) is 6.10 Å². The Bertz CT molecular complexity index is 1580. The van der Waals surface area contributed by atoms with Crippen LogP contribution in [0.3, 0.4) is 0 Å². The molecule has 3 atom stereocenters. The van der Waals surface area contributed by atoms with Gasteiger partial charge in [-0.1, -0.05) is 74.3 Å². The van der Waals surface area contributed by atoms with E-state index < -0.39 is 57.6 Å². The third-order valence-corrected chi connectivity index (χ3v) is 9.13. The average molecular weight is 717 g/mol. The zero-order valence-corrected chi connectivity index (χ0v) is 30.3. The van der Waals surface area contributed by atoms with Gasteiger partial charge in [-0.3, -0.25) is 29.2 Å². The number of ether oxygens (including phenoxy) is 2. The summed E-state index contributed by atoms with van der Waals surface area (Å²) in [6, 6.07) is 8.24. The minimum Gasteiger partial charge on any atom is -0.461 e. The summed E-state index contributed by atoms with van der Waals surface area (Å²) in [7, 11) is 0. The van der Waals surface area contributed by atoms with Crippen molar-refractivity contribution in [3.8, 4) is 0 Å². The van der Waals surface area contributed by atoms with Crippen LogP contribution in [-0.4, -0.2) is 75.1 Å². The highest BCUT2D eigenvalue weighted by atomic mass is 35.5. The fourth-order valence-corrected chi connectivity index (χ4v) is 6.01. The number of hydrazine groups is 1. The summed E-state index contributed by atoms with van der Waals surface area (Å²) in [5, 5.41) is 13.2. The van der Waals surface area contributed by atoms with E-state index in [4.69, 9.17) is 43.1 Å². The van der Waals surface area contributed by atoms with Crippen LogP contribution in [0.2, 0.25) is 0 Å². The van der Waals surface area contributed by atoms with Crippen molar-refractivity contribution in [2.45, 2.75) is 102 Å². The third kappa shape index (κ3) is 10.2. The van der Waals surface area contributed by atoms with E-state index in [1.54, 1.807) is 13.8 Å². The van der Waals surface area contributed by atoms with Crippen LogP contribution in [0.25, 0.3) is 17.0 Å². The van der Waals surface area contributed by atoms with Crippen LogP contribution in [0.1, 0.15) is 84.4 Å². The molecule has 4 rings (SSSR count). The Kier molecular flexibility index (Phi) is 12.8. The number of carbonyl (C=O) groups is 4. The van der Waals surface area contributed by atoms with Crippen molar-refractivity contribution in [3.05, 3.63) is 47.7 Å². The van der Waals surface area contributed by atoms with Crippen LogP contribution >= 0.6 is 23.2 Å². The van der Waals surface area contributed by atoms with E-state index >= 15 is 0 Å². The standard InChI is InChI=1S/C36H47Cl2N5O6/c1-6-27-12-11-25-10-9-24(20-29(25)41-27)13-16-36(17-14-26(39)15-18-36)34(47)49-30(22(2)3)31(44)40-23(4)32(45)43-19-7-8-28(42-43)33(46)48-21-35(5,37)38/h9-13,16,20,22-23,28,30,39,42H,6-8,14-15,17-19,21H2,1-5H3,(H,40,44)/b16-13+,39-26?. The Balaban J connectivity index is 1.44. The predicted octanol–water partition coefficient (Wildman–Crippen LogP) is 5.70. The monoisotopic (exact) mass is 715 g/mol. The second-order valence-corrected chi connectivity index (χ2v) is 15.4. The number of amides is 2. The number of rotatable bonds is 12. The van der Waals surface area contributed by atoms with Crippen molar-refractivity contribution >= 4 is 69.6 Å². The van der Waals surface area contributed by atoms with Gasteiger partial charge in [0.1, 0.15) is 23.0 Å². The summed E-state index contributed by atoms with van der Waals surface area (Å²) in [6.07, 6.45) is 6.03. The molecule has 1 aromatic heterocycles. The number of nitrogens with one attached hydrogen (secondary N) is 3. The highest BCUT2D eigenvalue weighted by Gasteiger charge is 2.43. The van der Waals surface area contributed by atoms with Crippen molar-refractivity contribution < 1.29 is 28.7 Å². The lowest BCUT2D eigenvalue weighted by Crippen LogP contribution is -2.60. The number of pyridine rings is 1. The molecule has 0 bridgehead atoms. The van der Waals surface area contributed by atoms with E-state index in [1.807, 2.05) is 42.5 Å². The van der Waals surface area contributed by atoms with Crippen molar-refractivity contribution in [2.75, 3.05) is 13.2 Å². The molecule has 49 heavy (non-hydrogen) atoms. The minimum atomic E-state index is -1.24. The molecular formula is C36H47Cl2N5O6. The molecule has 2 aromatic rings. The second-order valence-electron chi connectivity index (χ2n) is 13.5. The SMILES string of the molecule is CCc1ccc2ccc(/C=C/C3(C(=O)OC(C(=O)NC(C)C(=O)N4CCCC(C(=O)OCC(C)(Cl)Cl)N4)C(C)C)CCC(=N)CC3)cc2n1. The molecule has 2 fully saturated rings. The summed E-state index contributed by atoms with van der Waals surface area (Å²) in [5.41, 5.74) is 5.16. The van der Waals surface area contributed by atoms with Crippen LogP contribution in [0.15, 0.2) is 36.4 Å². The smallest absolute Gasteiger partial charge is 0.325 e. The molecule has 2 heterocycles. The maximum absolute atomic E-state index is 14.0. The number of esters is 2. The van der Waals surface area contributed by atoms with Gasteiger partial charge in [0.05, 0.1) is 10.9 Å². The van der Waals surface area contributed by atoms with E-state index in [1.165, 1.54) is 18.9 Å². The lowest BCUT2D eigenvalue weighted by Gasteiger charge is -2.36. The lowest BCUT2D eigenvalue weighted by atomic mass is 9.73. The first-order valence-electron chi connectivity index (χ1n) is 16.9. The Morgan fingerprint density at radius 3 is 2.51 bits per heavy atom. The summed E-state index contributed by atoms with van der Waals surface area (Å²) in [6.45, 7) is 8.75. The van der Waals surface area contributed by atoms with Gasteiger partial charge in [0.2, 0.25) is 0 Å². The number of fused-ring (bicyclic) bond motifs is 1. The molecule has 13 heteroatoms. The van der Waals surface area contributed by atoms with Gasteiger partial charge in [-0.15, -0.1) is 0 Å². The molecule has 1 saturated carbocycles. The maximum Gasteiger partial charge on any atom is 0.325 e. The Morgan fingerprint density at radius 2 is 1.86 bits per heavy atom. The number of aryl methyl sites for hydroxylation is 1. The summed E-state index contributed by atoms with van der Waals surface area (Å²) in [4.78, 5) is 58.1. The normalized spacial score (nSPS) is 21.4. The van der Waals surface area contributed by atoms with Crippen molar-refractivity contribution in [1.82, 2.24) is 20.7 Å². The summed E-state index contributed by atoms with van der Waals surface area (Å²) < 4.78 is 9.91.